The van der Waals surface area contributed by atoms with Crippen molar-refractivity contribution in [3.05, 3.63) is 16.1 Å². The molecule has 0 spiro atoms. The van der Waals surface area contributed by atoms with E-state index in [-0.39, 0.29) is 24.0 Å². The van der Waals surface area contributed by atoms with Crippen LogP contribution in [0, 0.1) is 0 Å². The molecule has 26 heavy (non-hydrogen) atoms. The predicted molar refractivity (Wildman–Crippen MR) is 126 cm³/mol. The summed E-state index contributed by atoms with van der Waals surface area (Å²) in [5.74, 6) is 1.40. The number of hydrogen-bond acceptors (Lipinski definition) is 4. The average Bonchev–Trinajstić information content (AvgIpc) is 3.07. The fourth-order valence-corrected chi connectivity index (χ4v) is 3.54. The molecule has 152 valence electrons. The number of guanidine groups is 1. The van der Waals surface area contributed by atoms with Crippen LogP contribution in [0.2, 0.25) is 0 Å². The summed E-state index contributed by atoms with van der Waals surface area (Å²) in [6, 6.07) is 0.425. The number of halogens is 1. The second-order valence-electron chi connectivity index (χ2n) is 6.80. The Labute approximate surface area is 181 Å². The van der Waals surface area contributed by atoms with E-state index in [0.717, 1.165) is 38.4 Å². The van der Waals surface area contributed by atoms with Crippen molar-refractivity contribution in [2.45, 2.75) is 65.8 Å². The van der Waals surface area contributed by atoms with E-state index in [1.807, 2.05) is 7.05 Å². The lowest BCUT2D eigenvalue weighted by atomic mass is 10.2. The maximum atomic E-state index is 4.68. The van der Waals surface area contributed by atoms with E-state index >= 15 is 0 Å². The van der Waals surface area contributed by atoms with E-state index in [1.165, 1.54) is 23.7 Å². The van der Waals surface area contributed by atoms with E-state index in [4.69, 9.17) is 0 Å². The van der Waals surface area contributed by atoms with Crippen LogP contribution in [-0.4, -0.2) is 55.1 Å². The zero-order chi connectivity index (χ0) is 18.7. The molecule has 7 heteroatoms. The summed E-state index contributed by atoms with van der Waals surface area (Å²) >= 11 is 1.76. The highest BCUT2D eigenvalue weighted by atomic mass is 127. The third-order valence-electron chi connectivity index (χ3n) is 4.35. The third kappa shape index (κ3) is 10.1. The first-order valence-electron chi connectivity index (χ1n) is 9.63. The number of aliphatic imine (C=N–C) groups is 1. The summed E-state index contributed by atoms with van der Waals surface area (Å²) in [5.41, 5.74) is 1.17. The van der Waals surface area contributed by atoms with Gasteiger partial charge in [0.05, 0.1) is 10.7 Å². The second kappa shape index (κ2) is 14.6. The van der Waals surface area contributed by atoms with Gasteiger partial charge in [0, 0.05) is 37.4 Å². The van der Waals surface area contributed by atoms with Crippen LogP contribution in [0.15, 0.2) is 10.4 Å². The van der Waals surface area contributed by atoms with E-state index in [0.29, 0.717) is 12.0 Å². The molecule has 0 fully saturated rings. The Morgan fingerprint density at radius 2 is 1.96 bits per heavy atom. The number of thiazole rings is 1. The number of rotatable bonds is 11. The van der Waals surface area contributed by atoms with Crippen LogP contribution in [0.1, 0.15) is 64.1 Å². The van der Waals surface area contributed by atoms with E-state index in [2.05, 4.69) is 65.5 Å². The normalized spacial score (nSPS) is 13.0. The first kappa shape index (κ1) is 25.6. The van der Waals surface area contributed by atoms with Crippen LogP contribution < -0.4 is 10.6 Å². The summed E-state index contributed by atoms with van der Waals surface area (Å²) in [4.78, 5) is 11.5. The van der Waals surface area contributed by atoms with Gasteiger partial charge in [-0.1, -0.05) is 27.7 Å². The molecule has 0 amide bonds. The second-order valence-corrected chi connectivity index (χ2v) is 7.68. The molecule has 1 aromatic rings. The number of nitrogens with zero attached hydrogens (tertiary/aromatic N) is 3. The molecule has 0 saturated heterocycles. The molecule has 1 heterocycles. The molecule has 0 bridgehead atoms. The number of nitrogens with one attached hydrogen (secondary N) is 2. The molecule has 1 rings (SSSR count). The van der Waals surface area contributed by atoms with Gasteiger partial charge in [-0.3, -0.25) is 4.99 Å². The van der Waals surface area contributed by atoms with Crippen LogP contribution in [0.3, 0.4) is 0 Å². The minimum atomic E-state index is 0. The molecule has 0 aliphatic carbocycles. The van der Waals surface area contributed by atoms with Gasteiger partial charge in [-0.05, 0) is 39.4 Å². The van der Waals surface area contributed by atoms with Crippen LogP contribution >= 0.6 is 35.3 Å². The Morgan fingerprint density at radius 3 is 2.50 bits per heavy atom. The number of aromatic nitrogens is 1. The van der Waals surface area contributed by atoms with Crippen molar-refractivity contribution in [2.24, 2.45) is 4.99 Å². The lowest BCUT2D eigenvalue weighted by Crippen LogP contribution is -2.43. The maximum absolute atomic E-state index is 4.68. The monoisotopic (exact) mass is 495 g/mol. The van der Waals surface area contributed by atoms with Crippen LogP contribution in [0.5, 0.6) is 0 Å². The zero-order valence-corrected chi connectivity index (χ0v) is 20.5. The Balaban J connectivity index is 0.00000625. The summed E-state index contributed by atoms with van der Waals surface area (Å²) in [6.07, 6.45) is 3.30. The van der Waals surface area contributed by atoms with Crippen molar-refractivity contribution in [3.8, 4) is 0 Å². The Hall–Kier alpha value is -0.410. The first-order chi connectivity index (χ1) is 12.0. The van der Waals surface area contributed by atoms with Crippen molar-refractivity contribution in [3.63, 3.8) is 0 Å². The van der Waals surface area contributed by atoms with Crippen molar-refractivity contribution >= 4 is 41.3 Å². The average molecular weight is 496 g/mol. The molecule has 0 aliphatic heterocycles. The topological polar surface area (TPSA) is 52.5 Å². The predicted octanol–water partition coefficient (Wildman–Crippen LogP) is 4.10. The maximum Gasteiger partial charge on any atom is 0.191 e. The standard InChI is InChI=1S/C19H37N5S.HI/c1-7-24(8-2)13-9-10-16(5)22-19(20-6)21-12-11-17-14-25-18(23-17)15(3)4;/h14-16H,7-13H2,1-6H3,(H2,20,21,22);1H. The van der Waals surface area contributed by atoms with Crippen molar-refractivity contribution in [1.29, 1.82) is 0 Å². The van der Waals surface area contributed by atoms with Crippen molar-refractivity contribution < 1.29 is 0 Å². The van der Waals surface area contributed by atoms with Gasteiger partial charge >= 0.3 is 0 Å². The van der Waals surface area contributed by atoms with Crippen LogP contribution in [0.25, 0.3) is 0 Å². The molecule has 0 radical (unpaired) electrons. The molecule has 0 aliphatic rings. The van der Waals surface area contributed by atoms with Crippen LogP contribution in [-0.2, 0) is 6.42 Å². The highest BCUT2D eigenvalue weighted by Gasteiger charge is 2.08. The molecule has 1 unspecified atom stereocenters. The van der Waals surface area contributed by atoms with Gasteiger partial charge in [-0.25, -0.2) is 4.98 Å². The summed E-state index contributed by atoms with van der Waals surface area (Å²) in [5, 5.41) is 10.3. The lowest BCUT2D eigenvalue weighted by Gasteiger charge is -2.21. The summed E-state index contributed by atoms with van der Waals surface area (Å²) in [6.45, 7) is 15.4. The van der Waals surface area contributed by atoms with Crippen molar-refractivity contribution in [1.82, 2.24) is 20.5 Å². The highest BCUT2D eigenvalue weighted by Crippen LogP contribution is 2.19. The van der Waals surface area contributed by atoms with Gasteiger partial charge in [0.15, 0.2) is 5.96 Å². The molecular weight excluding hydrogens is 457 g/mol. The van der Waals surface area contributed by atoms with Gasteiger partial charge in [-0.2, -0.15) is 0 Å². The molecule has 1 aromatic heterocycles. The summed E-state index contributed by atoms with van der Waals surface area (Å²) in [7, 11) is 1.83. The van der Waals surface area contributed by atoms with Gasteiger partial charge in [0.1, 0.15) is 0 Å². The third-order valence-corrected chi connectivity index (χ3v) is 5.54. The SMILES string of the molecule is CCN(CC)CCCC(C)NC(=NC)NCCc1csc(C(C)C)n1.I. The molecule has 2 N–H and O–H groups in total. The smallest absolute Gasteiger partial charge is 0.191 e. The van der Waals surface area contributed by atoms with Gasteiger partial charge in [-0.15, -0.1) is 35.3 Å². The van der Waals surface area contributed by atoms with Gasteiger partial charge < -0.3 is 15.5 Å². The van der Waals surface area contributed by atoms with Crippen LogP contribution in [0.4, 0.5) is 0 Å². The minimum Gasteiger partial charge on any atom is -0.356 e. The van der Waals surface area contributed by atoms with E-state index in [1.54, 1.807) is 11.3 Å². The lowest BCUT2D eigenvalue weighted by molar-refractivity contribution is 0.292. The molecule has 1 atom stereocenters. The molecule has 0 saturated carbocycles. The van der Waals surface area contributed by atoms with E-state index in [9.17, 15) is 0 Å². The fraction of sp³-hybridized carbons (Fsp3) is 0.789. The highest BCUT2D eigenvalue weighted by molar-refractivity contribution is 14.0. The van der Waals surface area contributed by atoms with Gasteiger partial charge in [0.2, 0.25) is 0 Å². The number of hydrogen-bond donors (Lipinski definition) is 2. The first-order valence-corrected chi connectivity index (χ1v) is 10.5. The Morgan fingerprint density at radius 1 is 1.27 bits per heavy atom. The Kier molecular flexibility index (Phi) is 14.4. The van der Waals surface area contributed by atoms with Gasteiger partial charge in [0.25, 0.3) is 0 Å². The van der Waals surface area contributed by atoms with Crippen molar-refractivity contribution in [2.75, 3.05) is 33.2 Å². The zero-order valence-electron chi connectivity index (χ0n) is 17.3. The van der Waals surface area contributed by atoms with E-state index < -0.39 is 0 Å². The molecule has 5 nitrogen and oxygen atoms in total. The minimum absolute atomic E-state index is 0. The molecule has 0 aromatic carbocycles. The fourth-order valence-electron chi connectivity index (χ4n) is 2.67. The molecular formula is C19H38IN5S. The largest absolute Gasteiger partial charge is 0.356 e. The quantitative estimate of drug-likeness (QED) is 0.276. The summed E-state index contributed by atoms with van der Waals surface area (Å²) < 4.78 is 0. The Bertz CT molecular complexity index is 500.